The molecule has 56 heavy (non-hydrogen) atoms. The number of hydrogen-bond acceptors (Lipinski definition) is 5. The molecule has 9 saturated carbocycles. The fourth-order valence-corrected chi connectivity index (χ4v) is 13.1. The Kier molecular flexibility index (Phi) is 9.92. The van der Waals surface area contributed by atoms with E-state index in [4.69, 9.17) is 11.6 Å². The Balaban J connectivity index is 0.000000140. The molecule has 2 heterocycles. The molecule has 2 aromatic carbocycles. The number of rotatable bonds is 8. The van der Waals surface area contributed by atoms with Crippen LogP contribution in [0.15, 0.2) is 73.1 Å². The number of hydrogen-bond donors (Lipinski definition) is 3. The third-order valence-electron chi connectivity index (χ3n) is 15.0. The summed E-state index contributed by atoms with van der Waals surface area (Å²) in [4.78, 5) is 26.4. The number of halogens is 1. The number of amides is 2. The minimum absolute atomic E-state index is 0.0537. The fourth-order valence-electron chi connectivity index (χ4n) is 12.9. The largest absolute Gasteiger partial charge is 0.367 e. The van der Waals surface area contributed by atoms with E-state index in [1.807, 2.05) is 53.2 Å². The number of para-hydroxylation sites is 2. The molecule has 2 aromatic heterocycles. The lowest BCUT2D eigenvalue weighted by molar-refractivity contribution is -0.0119. The van der Waals surface area contributed by atoms with Crippen molar-refractivity contribution in [2.24, 2.45) is 47.3 Å². The molecule has 9 nitrogen and oxygen atoms in total. The number of nitrogens with zero attached hydrogens (tertiary/aromatic N) is 4. The van der Waals surface area contributed by atoms with Crippen molar-refractivity contribution in [3.63, 3.8) is 0 Å². The van der Waals surface area contributed by atoms with E-state index in [2.05, 4.69) is 38.3 Å². The minimum Gasteiger partial charge on any atom is -0.367 e. The van der Waals surface area contributed by atoms with Crippen molar-refractivity contribution in [1.82, 2.24) is 30.2 Å². The lowest BCUT2D eigenvalue weighted by Gasteiger charge is -2.54. The molecule has 0 aliphatic heterocycles. The van der Waals surface area contributed by atoms with Crippen LogP contribution in [-0.4, -0.2) is 49.5 Å². The molecule has 3 N–H and O–H groups in total. The van der Waals surface area contributed by atoms with Crippen LogP contribution in [0, 0.1) is 47.3 Å². The van der Waals surface area contributed by atoms with Gasteiger partial charge in [0.25, 0.3) is 11.8 Å². The van der Waals surface area contributed by atoms with Gasteiger partial charge in [-0.15, -0.1) is 0 Å². The summed E-state index contributed by atoms with van der Waals surface area (Å²) in [6, 6.07) is 20.9. The van der Waals surface area contributed by atoms with E-state index in [9.17, 15) is 9.59 Å². The fraction of sp³-hybridized carbons (Fsp3) is 0.565. The molecule has 9 aliphatic carbocycles. The predicted octanol–water partition coefficient (Wildman–Crippen LogP) is 9.25. The van der Waals surface area contributed by atoms with E-state index in [-0.39, 0.29) is 11.8 Å². The molecule has 0 atom stereocenters. The predicted molar refractivity (Wildman–Crippen MR) is 219 cm³/mol. The number of nitrogens with one attached hydrogen (secondary N) is 3. The van der Waals surface area contributed by atoms with Crippen molar-refractivity contribution in [2.75, 3.05) is 5.32 Å². The maximum absolute atomic E-state index is 13.5. The van der Waals surface area contributed by atoms with Gasteiger partial charge in [-0.2, -0.15) is 10.2 Å². The van der Waals surface area contributed by atoms with Crippen LogP contribution < -0.4 is 16.0 Å². The van der Waals surface area contributed by atoms with E-state index in [0.29, 0.717) is 58.1 Å². The highest BCUT2D eigenvalue weighted by molar-refractivity contribution is 6.33. The lowest BCUT2D eigenvalue weighted by Crippen LogP contribution is -2.55. The van der Waals surface area contributed by atoms with Crippen LogP contribution >= 0.6 is 11.6 Å². The van der Waals surface area contributed by atoms with Crippen LogP contribution in [0.5, 0.6) is 0 Å². The highest BCUT2D eigenvalue weighted by Gasteiger charge is 2.50. The number of carbonyl (C=O) groups excluding carboxylic acids is 2. The zero-order chi connectivity index (χ0) is 37.8. The molecule has 2 amide bonds. The van der Waals surface area contributed by atoms with Crippen molar-refractivity contribution in [3.8, 4) is 11.4 Å². The van der Waals surface area contributed by atoms with Crippen molar-refractivity contribution >= 4 is 29.2 Å². The van der Waals surface area contributed by atoms with Crippen LogP contribution in [0.4, 0.5) is 5.82 Å². The summed E-state index contributed by atoms with van der Waals surface area (Å²) in [6.07, 6.45) is 22.8. The molecule has 4 aromatic rings. The second kappa shape index (κ2) is 15.3. The standard InChI is InChI=1S/C26H34N4O.C20H22ClN3O/c31-26(29-24-19-12-17-11-18(14-19)15-20(24)13-17)23-16-27-30(22-9-5-2-6-10-22)25(23)28-21-7-3-1-4-8-21;21-19-17(11-22-24(19)16-4-2-1-3-5-16)20(25)23-18-14-7-12-6-13(9-14)10-15(18)8-12/h2,5-6,9-10,16-21,24,28H,1,3-4,7-8,11-15H2,(H,29,31);1-5,11-15,18H,6-10H2,(H,23,25). The van der Waals surface area contributed by atoms with Gasteiger partial charge in [0.2, 0.25) is 0 Å². The third-order valence-corrected chi connectivity index (χ3v) is 15.3. The maximum atomic E-state index is 13.5. The number of benzene rings is 2. The molecule has 10 heteroatoms. The monoisotopic (exact) mass is 773 g/mol. The van der Waals surface area contributed by atoms with Crippen LogP contribution in [0.3, 0.4) is 0 Å². The Bertz CT molecular complexity index is 1960. The van der Waals surface area contributed by atoms with Gasteiger partial charge in [0.05, 0.1) is 29.3 Å². The highest BCUT2D eigenvalue weighted by atomic mass is 35.5. The molecule has 8 bridgehead atoms. The van der Waals surface area contributed by atoms with E-state index in [1.165, 1.54) is 83.5 Å². The highest BCUT2D eigenvalue weighted by Crippen LogP contribution is 2.55. The minimum atomic E-state index is -0.0790. The zero-order valence-corrected chi connectivity index (χ0v) is 33.1. The van der Waals surface area contributed by atoms with Crippen molar-refractivity contribution in [2.45, 2.75) is 114 Å². The molecule has 294 valence electrons. The lowest BCUT2D eigenvalue weighted by atomic mass is 9.54. The van der Waals surface area contributed by atoms with Crippen molar-refractivity contribution in [1.29, 1.82) is 0 Å². The van der Waals surface area contributed by atoms with Crippen LogP contribution in [0.1, 0.15) is 117 Å². The van der Waals surface area contributed by atoms with Gasteiger partial charge in [-0.05, 0) is 149 Å². The molecule has 9 fully saturated rings. The normalized spacial score (nSPS) is 32.4. The number of anilines is 1. The van der Waals surface area contributed by atoms with E-state index >= 15 is 0 Å². The second-order valence-electron chi connectivity index (χ2n) is 18.6. The number of carbonyl (C=O) groups is 2. The van der Waals surface area contributed by atoms with Crippen LogP contribution in [0.2, 0.25) is 5.15 Å². The quantitative estimate of drug-likeness (QED) is 0.166. The average Bonchev–Trinajstić information content (AvgIpc) is 3.81. The Labute approximate surface area is 335 Å². The Hall–Kier alpha value is -4.11. The summed E-state index contributed by atoms with van der Waals surface area (Å²) in [5.41, 5.74) is 3.03. The van der Waals surface area contributed by atoms with Crippen LogP contribution in [-0.2, 0) is 0 Å². The Morgan fingerprint density at radius 2 is 0.982 bits per heavy atom. The summed E-state index contributed by atoms with van der Waals surface area (Å²) in [6.45, 7) is 0. The van der Waals surface area contributed by atoms with Gasteiger partial charge in [-0.25, -0.2) is 9.36 Å². The third kappa shape index (κ3) is 7.07. The molecule has 9 aliphatic rings. The van der Waals surface area contributed by atoms with E-state index in [1.54, 1.807) is 17.1 Å². The first-order valence-electron chi connectivity index (χ1n) is 21.7. The van der Waals surface area contributed by atoms with Gasteiger partial charge >= 0.3 is 0 Å². The molecule has 0 saturated heterocycles. The Morgan fingerprint density at radius 1 is 0.554 bits per heavy atom. The van der Waals surface area contributed by atoms with Crippen molar-refractivity contribution < 1.29 is 9.59 Å². The van der Waals surface area contributed by atoms with Gasteiger partial charge in [0, 0.05) is 18.1 Å². The first-order valence-corrected chi connectivity index (χ1v) is 22.1. The van der Waals surface area contributed by atoms with Crippen LogP contribution in [0.25, 0.3) is 11.4 Å². The molecule has 13 rings (SSSR count). The topological polar surface area (TPSA) is 106 Å². The molecule has 0 spiro atoms. The summed E-state index contributed by atoms with van der Waals surface area (Å²) >= 11 is 6.46. The summed E-state index contributed by atoms with van der Waals surface area (Å²) < 4.78 is 3.54. The van der Waals surface area contributed by atoms with Gasteiger partial charge in [-0.1, -0.05) is 67.3 Å². The van der Waals surface area contributed by atoms with E-state index in [0.717, 1.165) is 53.7 Å². The number of aromatic nitrogens is 4. The van der Waals surface area contributed by atoms with E-state index < -0.39 is 0 Å². The average molecular weight is 774 g/mol. The molecular formula is C46H56ClN7O2. The smallest absolute Gasteiger partial charge is 0.256 e. The van der Waals surface area contributed by atoms with Crippen molar-refractivity contribution in [3.05, 3.63) is 89.3 Å². The second-order valence-corrected chi connectivity index (χ2v) is 18.9. The first kappa shape index (κ1) is 36.2. The maximum Gasteiger partial charge on any atom is 0.256 e. The Morgan fingerprint density at radius 3 is 1.48 bits per heavy atom. The van der Waals surface area contributed by atoms with Gasteiger partial charge < -0.3 is 16.0 Å². The molecule has 0 unspecified atom stereocenters. The summed E-state index contributed by atoms with van der Waals surface area (Å²) in [5, 5.41) is 19.9. The first-order chi connectivity index (χ1) is 27.4. The van der Waals surface area contributed by atoms with Gasteiger partial charge in [-0.3, -0.25) is 9.59 Å². The summed E-state index contributed by atoms with van der Waals surface area (Å²) in [7, 11) is 0. The van der Waals surface area contributed by atoms with Gasteiger partial charge in [0.1, 0.15) is 16.5 Å². The zero-order valence-electron chi connectivity index (χ0n) is 32.4. The SMILES string of the molecule is O=C(NC1C2CC3CC(C2)CC1C3)c1cnn(-c2ccccc2)c1Cl.O=C(NC1C2CC3CC(C2)CC1C3)c1cnn(-c2ccccc2)c1NC1CCCCC1. The van der Waals surface area contributed by atoms with Gasteiger partial charge in [0.15, 0.2) is 0 Å². The molecular weight excluding hydrogens is 718 g/mol. The summed E-state index contributed by atoms with van der Waals surface area (Å²) in [5.74, 6) is 7.15. The molecule has 0 radical (unpaired) electrons.